The number of benzene rings is 2. The molecule has 162 valence electrons. The van der Waals surface area contributed by atoms with Crippen LogP contribution in [-0.4, -0.2) is 25.1 Å². The second kappa shape index (κ2) is 8.98. The SMILES string of the molecule is COc1cc2occ(-c3ccccc3OC)c2cc1/C(C)=C/C(=O)Nc1ncccc1C. The molecule has 32 heavy (non-hydrogen) atoms. The topological polar surface area (TPSA) is 73.6 Å². The van der Waals surface area contributed by atoms with Crippen LogP contribution in [0.2, 0.25) is 0 Å². The highest BCUT2D eigenvalue weighted by Crippen LogP contribution is 2.40. The summed E-state index contributed by atoms with van der Waals surface area (Å²) >= 11 is 0. The second-order valence-corrected chi connectivity index (χ2v) is 7.38. The van der Waals surface area contributed by atoms with Gasteiger partial charge in [-0.2, -0.15) is 0 Å². The number of allylic oxidation sites excluding steroid dienone is 1. The van der Waals surface area contributed by atoms with Crippen LogP contribution in [0.15, 0.2) is 71.5 Å². The van der Waals surface area contributed by atoms with Gasteiger partial charge >= 0.3 is 0 Å². The molecule has 4 rings (SSSR count). The third-order valence-electron chi connectivity index (χ3n) is 5.32. The molecule has 0 aliphatic carbocycles. The van der Waals surface area contributed by atoms with Crippen molar-refractivity contribution in [3.8, 4) is 22.6 Å². The number of fused-ring (bicyclic) bond motifs is 1. The van der Waals surface area contributed by atoms with Crippen LogP contribution in [0.4, 0.5) is 5.82 Å². The van der Waals surface area contributed by atoms with Gasteiger partial charge in [0.2, 0.25) is 5.91 Å². The van der Waals surface area contributed by atoms with E-state index in [-0.39, 0.29) is 5.91 Å². The maximum Gasteiger partial charge on any atom is 0.249 e. The number of hydrogen-bond acceptors (Lipinski definition) is 5. The Morgan fingerprint density at radius 3 is 2.56 bits per heavy atom. The number of ether oxygens (including phenoxy) is 2. The van der Waals surface area contributed by atoms with E-state index in [1.54, 1.807) is 32.8 Å². The van der Waals surface area contributed by atoms with Crippen LogP contribution in [0.1, 0.15) is 18.1 Å². The molecule has 2 aromatic carbocycles. The van der Waals surface area contributed by atoms with Gasteiger partial charge in [-0.1, -0.05) is 24.3 Å². The lowest BCUT2D eigenvalue weighted by Crippen LogP contribution is -2.11. The molecule has 6 nitrogen and oxygen atoms in total. The lowest BCUT2D eigenvalue weighted by atomic mass is 9.98. The van der Waals surface area contributed by atoms with E-state index in [1.807, 2.05) is 62.4 Å². The zero-order valence-electron chi connectivity index (χ0n) is 18.4. The minimum Gasteiger partial charge on any atom is -0.496 e. The standard InChI is InChI=1S/C26H24N2O4/c1-16-8-7-11-27-26(16)28-25(29)12-17(2)19-13-20-21(15-32-24(20)14-23(19)31-4)18-9-5-6-10-22(18)30-3/h5-15H,1-4H3,(H,27,28,29)/b17-12+. The van der Waals surface area contributed by atoms with Crippen LogP contribution >= 0.6 is 0 Å². The monoisotopic (exact) mass is 428 g/mol. The molecule has 6 heteroatoms. The molecule has 1 amide bonds. The van der Waals surface area contributed by atoms with E-state index in [1.165, 1.54) is 0 Å². The third-order valence-corrected chi connectivity index (χ3v) is 5.32. The summed E-state index contributed by atoms with van der Waals surface area (Å²) in [5, 5.41) is 3.73. The number of aryl methyl sites for hydroxylation is 1. The van der Waals surface area contributed by atoms with Gasteiger partial charge in [-0.3, -0.25) is 4.79 Å². The number of carbonyl (C=O) groups is 1. The van der Waals surface area contributed by atoms with Crippen molar-refractivity contribution in [2.45, 2.75) is 13.8 Å². The molecule has 0 radical (unpaired) electrons. The Bertz CT molecular complexity index is 1320. The molecule has 2 heterocycles. The van der Waals surface area contributed by atoms with Crippen LogP contribution < -0.4 is 14.8 Å². The maximum atomic E-state index is 12.6. The van der Waals surface area contributed by atoms with Crippen molar-refractivity contribution in [3.05, 3.63) is 78.2 Å². The van der Waals surface area contributed by atoms with Crippen LogP contribution in [0, 0.1) is 6.92 Å². The Balaban J connectivity index is 1.75. The molecular weight excluding hydrogens is 404 g/mol. The summed E-state index contributed by atoms with van der Waals surface area (Å²) in [4.78, 5) is 16.8. The zero-order valence-corrected chi connectivity index (χ0v) is 18.4. The molecule has 0 aliphatic rings. The first kappa shape index (κ1) is 21.2. The van der Waals surface area contributed by atoms with Gasteiger partial charge < -0.3 is 19.2 Å². The van der Waals surface area contributed by atoms with Gasteiger partial charge in [-0.25, -0.2) is 4.98 Å². The third kappa shape index (κ3) is 4.07. The van der Waals surface area contributed by atoms with Gasteiger partial charge in [0.25, 0.3) is 0 Å². The molecule has 2 aromatic heterocycles. The van der Waals surface area contributed by atoms with E-state index in [4.69, 9.17) is 13.9 Å². The number of para-hydroxylation sites is 1. The van der Waals surface area contributed by atoms with Crippen molar-refractivity contribution < 1.29 is 18.7 Å². The predicted molar refractivity (Wildman–Crippen MR) is 126 cm³/mol. The van der Waals surface area contributed by atoms with Crippen molar-refractivity contribution in [1.82, 2.24) is 4.98 Å². The average Bonchev–Trinajstić information content (AvgIpc) is 3.22. The summed E-state index contributed by atoms with van der Waals surface area (Å²) in [6, 6.07) is 15.3. The van der Waals surface area contributed by atoms with Crippen molar-refractivity contribution in [2.24, 2.45) is 0 Å². The highest BCUT2D eigenvalue weighted by atomic mass is 16.5. The average molecular weight is 428 g/mol. The summed E-state index contributed by atoms with van der Waals surface area (Å²) in [7, 11) is 3.24. The molecule has 0 fully saturated rings. The fourth-order valence-corrected chi connectivity index (χ4v) is 3.65. The fraction of sp³-hybridized carbons (Fsp3) is 0.154. The van der Waals surface area contributed by atoms with Crippen molar-refractivity contribution >= 4 is 28.3 Å². The van der Waals surface area contributed by atoms with Gasteiger partial charge in [0, 0.05) is 40.4 Å². The molecule has 0 atom stereocenters. The number of rotatable bonds is 6. The smallest absolute Gasteiger partial charge is 0.249 e. The fourth-order valence-electron chi connectivity index (χ4n) is 3.65. The van der Waals surface area contributed by atoms with Gasteiger partial charge in [0.15, 0.2) is 0 Å². The molecule has 4 aromatic rings. The number of nitrogens with zero attached hydrogens (tertiary/aromatic N) is 1. The first-order chi connectivity index (χ1) is 15.5. The second-order valence-electron chi connectivity index (χ2n) is 7.38. The summed E-state index contributed by atoms with van der Waals surface area (Å²) in [5.41, 5.74) is 4.96. The number of pyridine rings is 1. The zero-order chi connectivity index (χ0) is 22.7. The summed E-state index contributed by atoms with van der Waals surface area (Å²) in [6.07, 6.45) is 4.90. The van der Waals surface area contributed by atoms with Gasteiger partial charge in [-0.15, -0.1) is 0 Å². The number of hydrogen-bond donors (Lipinski definition) is 1. The highest BCUT2D eigenvalue weighted by molar-refractivity contribution is 6.05. The Kier molecular flexibility index (Phi) is 5.94. The number of amides is 1. The van der Waals surface area contributed by atoms with E-state index in [2.05, 4.69) is 10.3 Å². The number of aromatic nitrogens is 1. The number of furan rings is 1. The van der Waals surface area contributed by atoms with Crippen molar-refractivity contribution in [2.75, 3.05) is 19.5 Å². The largest absolute Gasteiger partial charge is 0.496 e. The molecule has 0 spiro atoms. The number of methoxy groups -OCH3 is 2. The minimum absolute atomic E-state index is 0.261. The quantitative estimate of drug-likeness (QED) is 0.389. The normalized spacial score (nSPS) is 11.4. The molecule has 0 unspecified atom stereocenters. The van der Waals surface area contributed by atoms with E-state index in [0.717, 1.165) is 39.0 Å². The molecule has 0 saturated heterocycles. The Hall–Kier alpha value is -4.06. The first-order valence-electron chi connectivity index (χ1n) is 10.2. The Labute approximate surface area is 186 Å². The van der Waals surface area contributed by atoms with E-state index >= 15 is 0 Å². The van der Waals surface area contributed by atoms with Gasteiger partial charge in [0.05, 0.1) is 20.5 Å². The Morgan fingerprint density at radius 2 is 1.81 bits per heavy atom. The molecule has 0 saturated carbocycles. The van der Waals surface area contributed by atoms with E-state index in [0.29, 0.717) is 17.2 Å². The number of nitrogens with one attached hydrogen (secondary N) is 1. The van der Waals surface area contributed by atoms with E-state index < -0.39 is 0 Å². The Morgan fingerprint density at radius 1 is 1.03 bits per heavy atom. The number of anilines is 1. The lowest BCUT2D eigenvalue weighted by molar-refractivity contribution is -0.111. The summed E-state index contributed by atoms with van der Waals surface area (Å²) in [5.74, 6) is 1.65. The van der Waals surface area contributed by atoms with Crippen LogP contribution in [0.5, 0.6) is 11.5 Å². The van der Waals surface area contributed by atoms with Crippen LogP contribution in [0.3, 0.4) is 0 Å². The first-order valence-corrected chi connectivity index (χ1v) is 10.2. The van der Waals surface area contributed by atoms with Crippen LogP contribution in [-0.2, 0) is 4.79 Å². The lowest BCUT2D eigenvalue weighted by Gasteiger charge is -2.11. The molecule has 0 aliphatic heterocycles. The minimum atomic E-state index is -0.261. The maximum absolute atomic E-state index is 12.6. The summed E-state index contributed by atoms with van der Waals surface area (Å²) in [6.45, 7) is 3.77. The summed E-state index contributed by atoms with van der Waals surface area (Å²) < 4.78 is 16.9. The van der Waals surface area contributed by atoms with Crippen molar-refractivity contribution in [1.29, 1.82) is 0 Å². The molecule has 1 N–H and O–H groups in total. The van der Waals surface area contributed by atoms with Crippen LogP contribution in [0.25, 0.3) is 27.7 Å². The van der Waals surface area contributed by atoms with Gasteiger partial charge in [-0.05, 0) is 43.2 Å². The molecule has 0 bridgehead atoms. The number of carbonyl (C=O) groups excluding carboxylic acids is 1. The highest BCUT2D eigenvalue weighted by Gasteiger charge is 2.17. The van der Waals surface area contributed by atoms with Gasteiger partial charge in [0.1, 0.15) is 22.9 Å². The molecular formula is C26H24N2O4. The van der Waals surface area contributed by atoms with E-state index in [9.17, 15) is 4.79 Å². The van der Waals surface area contributed by atoms with Crippen molar-refractivity contribution in [3.63, 3.8) is 0 Å². The predicted octanol–water partition coefficient (Wildman–Crippen LogP) is 5.86.